The molecular formula is C20H24N2O. The van der Waals surface area contributed by atoms with Gasteiger partial charge in [-0.15, -0.1) is 0 Å². The smallest absolute Gasteiger partial charge is 0.258 e. The lowest BCUT2D eigenvalue weighted by Crippen LogP contribution is -2.10. The molecule has 0 radical (unpaired) electrons. The Morgan fingerprint density at radius 1 is 1.09 bits per heavy atom. The maximum absolute atomic E-state index is 12.0. The molecule has 3 heteroatoms. The van der Waals surface area contributed by atoms with Gasteiger partial charge in [0.05, 0.1) is 10.9 Å². The molecule has 0 saturated carbocycles. The summed E-state index contributed by atoms with van der Waals surface area (Å²) in [7, 11) is 0. The molecule has 1 aromatic heterocycles. The van der Waals surface area contributed by atoms with Crippen LogP contribution in [0.3, 0.4) is 0 Å². The summed E-state index contributed by atoms with van der Waals surface area (Å²) in [5, 5.41) is 0.665. The molecule has 0 amide bonds. The molecule has 23 heavy (non-hydrogen) atoms. The monoisotopic (exact) mass is 308 g/mol. The van der Waals surface area contributed by atoms with Gasteiger partial charge in [-0.25, -0.2) is 4.98 Å². The van der Waals surface area contributed by atoms with Crippen LogP contribution < -0.4 is 5.56 Å². The van der Waals surface area contributed by atoms with Gasteiger partial charge in [-0.1, -0.05) is 57.2 Å². The lowest BCUT2D eigenvalue weighted by Gasteiger charge is -2.12. The Labute approximate surface area is 137 Å². The Bertz CT molecular complexity index is 822. The molecule has 1 unspecified atom stereocenters. The minimum atomic E-state index is -0.0632. The minimum Gasteiger partial charge on any atom is -0.310 e. The van der Waals surface area contributed by atoms with Crippen molar-refractivity contribution in [2.75, 3.05) is 0 Å². The molecule has 0 spiro atoms. The Morgan fingerprint density at radius 3 is 2.48 bits per heavy atom. The first-order valence-corrected chi connectivity index (χ1v) is 8.18. The van der Waals surface area contributed by atoms with E-state index < -0.39 is 0 Å². The van der Waals surface area contributed by atoms with Gasteiger partial charge in [0.1, 0.15) is 5.82 Å². The zero-order valence-electron chi connectivity index (χ0n) is 14.3. The van der Waals surface area contributed by atoms with Crippen molar-refractivity contribution in [3.05, 3.63) is 75.8 Å². The summed E-state index contributed by atoms with van der Waals surface area (Å²) in [5.74, 6) is 1.07. The van der Waals surface area contributed by atoms with Gasteiger partial charge in [0.15, 0.2) is 0 Å². The summed E-state index contributed by atoms with van der Waals surface area (Å²) in [6.45, 7) is 8.00. The lowest BCUT2D eigenvalue weighted by atomic mass is 9.93. The van der Waals surface area contributed by atoms with Crippen LogP contribution in [-0.4, -0.2) is 9.97 Å². The van der Waals surface area contributed by atoms with Gasteiger partial charge in [-0.3, -0.25) is 4.79 Å². The fourth-order valence-electron chi connectivity index (χ4n) is 2.68. The van der Waals surface area contributed by atoms with Crippen molar-refractivity contribution in [2.45, 2.75) is 40.0 Å². The van der Waals surface area contributed by atoms with Crippen LogP contribution in [0.15, 0.2) is 53.3 Å². The summed E-state index contributed by atoms with van der Waals surface area (Å²) in [6, 6.07) is 16.4. The second kappa shape index (κ2) is 7.73. The summed E-state index contributed by atoms with van der Waals surface area (Å²) < 4.78 is 0. The first-order chi connectivity index (χ1) is 11.1. The van der Waals surface area contributed by atoms with Crippen LogP contribution in [0, 0.1) is 6.92 Å². The molecule has 1 N–H and O–H groups in total. The fraction of sp³-hybridized carbons (Fsp3) is 0.300. The van der Waals surface area contributed by atoms with E-state index in [2.05, 4.69) is 47.2 Å². The molecule has 1 atom stereocenters. The predicted octanol–water partition coefficient (Wildman–Crippen LogP) is 4.60. The Balaban J connectivity index is 0.000000924. The highest BCUT2D eigenvalue weighted by Gasteiger charge is 2.08. The van der Waals surface area contributed by atoms with Crippen molar-refractivity contribution in [3.8, 4) is 0 Å². The predicted molar refractivity (Wildman–Crippen MR) is 97.0 cm³/mol. The number of fused-ring (bicyclic) bond motifs is 1. The van der Waals surface area contributed by atoms with Crippen LogP contribution in [0.1, 0.15) is 43.6 Å². The standard InChI is InChI=1S/C18H18N2O.C2H6/c1-12(15-6-4-3-5-7-15)10-14-8-9-17-16(11-14)18(21)20-13(2)19-17;1-2/h3-9,11-12H,10H2,1-2H3,(H,19,20,21);1-2H3. The van der Waals surface area contributed by atoms with E-state index in [9.17, 15) is 4.79 Å². The lowest BCUT2D eigenvalue weighted by molar-refractivity contribution is 0.760. The molecule has 0 bridgehead atoms. The Kier molecular flexibility index (Phi) is 5.69. The topological polar surface area (TPSA) is 45.8 Å². The minimum absolute atomic E-state index is 0.0632. The molecule has 0 aliphatic rings. The van der Waals surface area contributed by atoms with Crippen molar-refractivity contribution >= 4 is 10.9 Å². The first kappa shape index (κ1) is 16.9. The average molecular weight is 308 g/mol. The van der Waals surface area contributed by atoms with Gasteiger partial charge in [-0.2, -0.15) is 0 Å². The SMILES string of the molecule is CC.Cc1nc2ccc(CC(C)c3ccccc3)cc2c(=O)[nH]1. The molecule has 1 heterocycles. The molecule has 0 saturated heterocycles. The third-order valence-electron chi connectivity index (χ3n) is 3.80. The van der Waals surface area contributed by atoms with E-state index in [4.69, 9.17) is 0 Å². The Morgan fingerprint density at radius 2 is 1.78 bits per heavy atom. The number of hydrogen-bond donors (Lipinski definition) is 1. The third-order valence-corrected chi connectivity index (χ3v) is 3.80. The number of benzene rings is 2. The van der Waals surface area contributed by atoms with E-state index in [1.807, 2.05) is 32.0 Å². The molecule has 3 aromatic rings. The molecule has 2 aromatic carbocycles. The maximum atomic E-state index is 12.0. The summed E-state index contributed by atoms with van der Waals surface area (Å²) in [6.07, 6.45) is 0.910. The van der Waals surface area contributed by atoms with Crippen LogP contribution in [0.5, 0.6) is 0 Å². The van der Waals surface area contributed by atoms with E-state index >= 15 is 0 Å². The average Bonchev–Trinajstić information content (AvgIpc) is 2.58. The Hall–Kier alpha value is -2.42. The number of hydrogen-bond acceptors (Lipinski definition) is 2. The van der Waals surface area contributed by atoms with E-state index in [0.717, 1.165) is 17.5 Å². The summed E-state index contributed by atoms with van der Waals surface area (Å²) in [5.41, 5.74) is 3.17. The quantitative estimate of drug-likeness (QED) is 0.768. The van der Waals surface area contributed by atoms with E-state index in [1.54, 1.807) is 6.92 Å². The molecule has 3 nitrogen and oxygen atoms in total. The second-order valence-electron chi connectivity index (χ2n) is 5.52. The van der Waals surface area contributed by atoms with Crippen LogP contribution in [0.4, 0.5) is 0 Å². The van der Waals surface area contributed by atoms with Crippen molar-refractivity contribution < 1.29 is 0 Å². The zero-order valence-corrected chi connectivity index (χ0v) is 14.3. The highest BCUT2D eigenvalue weighted by molar-refractivity contribution is 5.78. The van der Waals surface area contributed by atoms with Crippen LogP contribution in [0.2, 0.25) is 0 Å². The van der Waals surface area contributed by atoms with Crippen molar-refractivity contribution in [1.29, 1.82) is 0 Å². The molecule has 120 valence electrons. The first-order valence-electron chi connectivity index (χ1n) is 8.18. The van der Waals surface area contributed by atoms with Crippen LogP contribution in [-0.2, 0) is 6.42 Å². The van der Waals surface area contributed by atoms with Gasteiger partial charge in [0.2, 0.25) is 0 Å². The third kappa shape index (κ3) is 4.07. The van der Waals surface area contributed by atoms with Crippen molar-refractivity contribution in [1.82, 2.24) is 9.97 Å². The normalized spacial score (nSPS) is 11.7. The molecule has 0 fully saturated rings. The van der Waals surface area contributed by atoms with Crippen LogP contribution in [0.25, 0.3) is 10.9 Å². The number of aromatic nitrogens is 2. The van der Waals surface area contributed by atoms with Gasteiger partial charge in [-0.05, 0) is 42.5 Å². The van der Waals surface area contributed by atoms with E-state index in [0.29, 0.717) is 17.1 Å². The fourth-order valence-corrected chi connectivity index (χ4v) is 2.68. The second-order valence-corrected chi connectivity index (χ2v) is 5.52. The van der Waals surface area contributed by atoms with Crippen molar-refractivity contribution in [2.24, 2.45) is 0 Å². The van der Waals surface area contributed by atoms with Gasteiger partial charge < -0.3 is 4.98 Å². The zero-order chi connectivity index (χ0) is 16.8. The van der Waals surface area contributed by atoms with Gasteiger partial charge in [0, 0.05) is 0 Å². The van der Waals surface area contributed by atoms with Gasteiger partial charge >= 0.3 is 0 Å². The van der Waals surface area contributed by atoms with E-state index in [1.165, 1.54) is 5.56 Å². The maximum Gasteiger partial charge on any atom is 0.258 e. The number of nitrogens with zero attached hydrogens (tertiary/aromatic N) is 1. The van der Waals surface area contributed by atoms with Crippen LogP contribution >= 0.6 is 0 Å². The number of H-pyrrole nitrogens is 1. The number of aryl methyl sites for hydroxylation is 1. The van der Waals surface area contributed by atoms with E-state index in [-0.39, 0.29) is 5.56 Å². The highest BCUT2D eigenvalue weighted by atomic mass is 16.1. The molecule has 0 aliphatic carbocycles. The molecule has 0 aliphatic heterocycles. The summed E-state index contributed by atoms with van der Waals surface area (Å²) in [4.78, 5) is 19.1. The van der Waals surface area contributed by atoms with Crippen molar-refractivity contribution in [3.63, 3.8) is 0 Å². The number of nitrogens with one attached hydrogen (secondary N) is 1. The number of rotatable bonds is 3. The largest absolute Gasteiger partial charge is 0.310 e. The molecular weight excluding hydrogens is 284 g/mol. The highest BCUT2D eigenvalue weighted by Crippen LogP contribution is 2.21. The summed E-state index contributed by atoms with van der Waals surface area (Å²) >= 11 is 0. The molecule has 3 rings (SSSR count). The van der Waals surface area contributed by atoms with Gasteiger partial charge in [0.25, 0.3) is 5.56 Å². The number of aromatic amines is 1.